The van der Waals surface area contributed by atoms with Gasteiger partial charge in [-0.2, -0.15) is 26.6 Å². The topological polar surface area (TPSA) is 43.6 Å². The molecule has 0 spiro atoms. The van der Waals surface area contributed by atoms with Crippen molar-refractivity contribution in [2.24, 2.45) is 0 Å². The monoisotopic (exact) mass is 264 g/mol. The fraction of sp³-hybridized carbons (Fsp3) is 0.222. The molecule has 18 heavy (non-hydrogen) atoms. The summed E-state index contributed by atoms with van der Waals surface area (Å²) in [6, 6.07) is 7.13. The Morgan fingerprint density at radius 3 is 2.11 bits per heavy atom. The molecule has 0 bridgehead atoms. The molecule has 0 aliphatic rings. The third kappa shape index (κ3) is 1.91. The summed E-state index contributed by atoms with van der Waals surface area (Å²) < 4.78 is 63.4. The molecule has 0 radical (unpaired) electrons. The molecule has 0 amide bonds. The average molecular weight is 264 g/mol. The highest BCUT2D eigenvalue weighted by atomic mass is 19.4. The van der Waals surface area contributed by atoms with E-state index in [1.807, 2.05) is 0 Å². The van der Waals surface area contributed by atoms with Gasteiger partial charge in [0.1, 0.15) is 0 Å². The number of benzene rings is 1. The molecule has 0 saturated heterocycles. The summed E-state index contributed by atoms with van der Waals surface area (Å²) in [7, 11) is 0. The number of alkyl halides is 5. The molecule has 1 aromatic heterocycles. The Kier molecular flexibility index (Phi) is 2.76. The van der Waals surface area contributed by atoms with E-state index in [1.165, 1.54) is 24.3 Å². The summed E-state index contributed by atoms with van der Waals surface area (Å²) in [5, 5.41) is 8.77. The fourth-order valence-electron chi connectivity index (χ4n) is 1.25. The summed E-state index contributed by atoms with van der Waals surface area (Å²) >= 11 is 0. The molecule has 9 heteroatoms. The minimum absolute atomic E-state index is 0.0152. The first kappa shape index (κ1) is 12.4. The number of aromatic nitrogens is 4. The Bertz CT molecular complexity index is 533. The molecule has 1 heterocycles. The van der Waals surface area contributed by atoms with Crippen LogP contribution in [0, 0.1) is 0 Å². The Balaban J connectivity index is 2.53. The van der Waals surface area contributed by atoms with Gasteiger partial charge < -0.3 is 0 Å². The lowest BCUT2D eigenvalue weighted by Crippen LogP contribution is -2.36. The zero-order valence-corrected chi connectivity index (χ0v) is 8.57. The SMILES string of the molecule is FC(F)(F)C(F)(F)c1nnnn1-c1ccccc1. The second-order valence-electron chi connectivity index (χ2n) is 3.32. The Morgan fingerprint density at radius 2 is 1.56 bits per heavy atom. The molecule has 0 aliphatic heterocycles. The first-order valence-corrected chi connectivity index (χ1v) is 4.63. The van der Waals surface area contributed by atoms with Crippen molar-refractivity contribution in [3.05, 3.63) is 36.2 Å². The highest BCUT2D eigenvalue weighted by Gasteiger charge is 2.62. The van der Waals surface area contributed by atoms with Crippen LogP contribution in [-0.2, 0) is 5.92 Å². The van der Waals surface area contributed by atoms with Crippen LogP contribution in [0.2, 0.25) is 0 Å². The molecular formula is C9H5F5N4. The number of hydrogen-bond acceptors (Lipinski definition) is 3. The first-order chi connectivity index (χ1) is 8.34. The molecule has 4 nitrogen and oxygen atoms in total. The maximum absolute atomic E-state index is 13.2. The van der Waals surface area contributed by atoms with E-state index >= 15 is 0 Å². The van der Waals surface area contributed by atoms with Gasteiger partial charge in [-0.05, 0) is 22.6 Å². The van der Waals surface area contributed by atoms with Crippen LogP contribution in [-0.4, -0.2) is 26.4 Å². The molecular weight excluding hydrogens is 259 g/mol. The lowest BCUT2D eigenvalue weighted by molar-refractivity contribution is -0.293. The van der Waals surface area contributed by atoms with Crippen molar-refractivity contribution >= 4 is 0 Å². The van der Waals surface area contributed by atoms with Crippen LogP contribution < -0.4 is 0 Å². The first-order valence-electron chi connectivity index (χ1n) is 4.63. The van der Waals surface area contributed by atoms with E-state index in [0.29, 0.717) is 4.68 Å². The molecule has 0 N–H and O–H groups in total. The molecule has 96 valence electrons. The van der Waals surface area contributed by atoms with Crippen LogP contribution in [0.25, 0.3) is 5.69 Å². The number of nitrogens with zero attached hydrogens (tertiary/aromatic N) is 4. The van der Waals surface area contributed by atoms with Crippen molar-refractivity contribution in [3.63, 3.8) is 0 Å². The Labute approximate surface area is 97.0 Å². The lowest BCUT2D eigenvalue weighted by Gasteiger charge is -2.18. The quantitative estimate of drug-likeness (QED) is 0.782. The van der Waals surface area contributed by atoms with Gasteiger partial charge in [0.05, 0.1) is 5.69 Å². The highest BCUT2D eigenvalue weighted by Crippen LogP contribution is 2.42. The number of para-hydroxylation sites is 1. The van der Waals surface area contributed by atoms with Crippen molar-refractivity contribution in [1.82, 2.24) is 20.2 Å². The molecule has 0 fully saturated rings. The zero-order chi connectivity index (χ0) is 13.4. The number of tetrazole rings is 1. The van der Waals surface area contributed by atoms with E-state index in [-0.39, 0.29) is 5.69 Å². The van der Waals surface area contributed by atoms with E-state index in [2.05, 4.69) is 15.5 Å². The smallest absolute Gasteiger partial charge is 0.191 e. The van der Waals surface area contributed by atoms with Gasteiger partial charge in [0.2, 0.25) is 5.82 Å². The summed E-state index contributed by atoms with van der Waals surface area (Å²) in [4.78, 5) is 0. The molecule has 0 saturated carbocycles. The van der Waals surface area contributed by atoms with Crippen molar-refractivity contribution < 1.29 is 22.0 Å². The maximum atomic E-state index is 13.2. The van der Waals surface area contributed by atoms with Gasteiger partial charge in [-0.15, -0.1) is 5.10 Å². The molecule has 0 atom stereocenters. The fourth-order valence-corrected chi connectivity index (χ4v) is 1.25. The largest absolute Gasteiger partial charge is 0.461 e. The molecule has 1 aromatic carbocycles. The highest BCUT2D eigenvalue weighted by molar-refractivity contribution is 5.31. The van der Waals surface area contributed by atoms with Gasteiger partial charge in [-0.25, -0.2) is 0 Å². The van der Waals surface area contributed by atoms with Crippen molar-refractivity contribution in [1.29, 1.82) is 0 Å². The summed E-state index contributed by atoms with van der Waals surface area (Å²) in [6.07, 6.45) is -5.76. The molecule has 2 aromatic rings. The second-order valence-corrected chi connectivity index (χ2v) is 3.32. The normalized spacial score (nSPS) is 12.7. The average Bonchev–Trinajstić information content (AvgIpc) is 2.78. The summed E-state index contributed by atoms with van der Waals surface area (Å²) in [6.45, 7) is 0. The van der Waals surface area contributed by atoms with Crippen LogP contribution in [0.1, 0.15) is 5.82 Å². The van der Waals surface area contributed by atoms with Crippen LogP contribution in [0.15, 0.2) is 30.3 Å². The number of rotatable bonds is 2. The Morgan fingerprint density at radius 1 is 0.944 bits per heavy atom. The Hall–Kier alpha value is -2.06. The number of halogens is 5. The molecule has 0 aliphatic carbocycles. The third-order valence-electron chi connectivity index (χ3n) is 2.11. The standard InChI is InChI=1S/C9H5F5N4/c10-8(11,9(12,13)14)7-15-16-17-18(7)6-4-2-1-3-5-6/h1-5H. The minimum atomic E-state index is -5.76. The van der Waals surface area contributed by atoms with Crippen molar-refractivity contribution in [2.75, 3.05) is 0 Å². The van der Waals surface area contributed by atoms with Crippen molar-refractivity contribution in [3.8, 4) is 5.69 Å². The van der Waals surface area contributed by atoms with Crippen LogP contribution in [0.4, 0.5) is 22.0 Å². The van der Waals surface area contributed by atoms with Crippen LogP contribution >= 0.6 is 0 Å². The van der Waals surface area contributed by atoms with Gasteiger partial charge >= 0.3 is 12.1 Å². The maximum Gasteiger partial charge on any atom is 0.461 e. The molecule has 2 rings (SSSR count). The minimum Gasteiger partial charge on any atom is -0.191 e. The predicted molar refractivity (Wildman–Crippen MR) is 49.1 cm³/mol. The van der Waals surface area contributed by atoms with E-state index in [1.54, 1.807) is 6.07 Å². The summed E-state index contributed by atoms with van der Waals surface area (Å²) in [5.74, 6) is -6.69. The van der Waals surface area contributed by atoms with E-state index in [0.717, 1.165) is 0 Å². The van der Waals surface area contributed by atoms with Crippen molar-refractivity contribution in [2.45, 2.75) is 12.1 Å². The summed E-state index contributed by atoms with van der Waals surface area (Å²) in [5.41, 5.74) is 0.0152. The van der Waals surface area contributed by atoms with E-state index < -0.39 is 17.9 Å². The van der Waals surface area contributed by atoms with Gasteiger partial charge in [0.15, 0.2) is 0 Å². The van der Waals surface area contributed by atoms with Gasteiger partial charge in [-0.1, -0.05) is 18.2 Å². The number of hydrogen-bond donors (Lipinski definition) is 0. The van der Waals surface area contributed by atoms with Gasteiger partial charge in [-0.3, -0.25) is 0 Å². The van der Waals surface area contributed by atoms with Gasteiger partial charge in [0, 0.05) is 0 Å². The zero-order valence-electron chi connectivity index (χ0n) is 8.57. The van der Waals surface area contributed by atoms with Crippen LogP contribution in [0.3, 0.4) is 0 Å². The van der Waals surface area contributed by atoms with E-state index in [4.69, 9.17) is 0 Å². The predicted octanol–water partition coefficient (Wildman–Crippen LogP) is 2.32. The third-order valence-corrected chi connectivity index (χ3v) is 2.11. The lowest BCUT2D eigenvalue weighted by atomic mass is 10.2. The van der Waals surface area contributed by atoms with Crippen LogP contribution in [0.5, 0.6) is 0 Å². The van der Waals surface area contributed by atoms with Gasteiger partial charge in [0.25, 0.3) is 0 Å². The molecule has 0 unspecified atom stereocenters. The van der Waals surface area contributed by atoms with E-state index in [9.17, 15) is 22.0 Å². The second kappa shape index (κ2) is 4.00.